The number of nitrogens with two attached hydrogens (primary N) is 1. The van der Waals surface area contributed by atoms with Crippen LogP contribution in [0.3, 0.4) is 0 Å². The molecule has 6 heteroatoms. The summed E-state index contributed by atoms with van der Waals surface area (Å²) in [6.45, 7) is 0. The lowest BCUT2D eigenvalue weighted by Gasteiger charge is -2.23. The first-order valence-electron chi connectivity index (χ1n) is 5.14. The Bertz CT molecular complexity index is 345. The van der Waals surface area contributed by atoms with Crippen LogP contribution in [0.2, 0.25) is 0 Å². The highest BCUT2D eigenvalue weighted by Gasteiger charge is 2.38. The Hall–Kier alpha value is -1.01. The number of amides is 1. The molecule has 16 heavy (non-hydrogen) atoms. The Balaban J connectivity index is 2.04. The number of thioether (sulfide) groups is 1. The van der Waals surface area contributed by atoms with Crippen LogP contribution in [0, 0.1) is 5.92 Å². The zero-order chi connectivity index (χ0) is 11.7. The lowest BCUT2D eigenvalue weighted by molar-refractivity contribution is -0.148. The fraction of sp³-hybridized carbons (Fsp3) is 0.600. The minimum atomic E-state index is -0.926. The molecule has 3 N–H and O–H groups in total. The van der Waals surface area contributed by atoms with Crippen molar-refractivity contribution in [1.29, 1.82) is 0 Å². The van der Waals surface area contributed by atoms with Crippen molar-refractivity contribution >= 4 is 23.6 Å². The van der Waals surface area contributed by atoms with Crippen molar-refractivity contribution < 1.29 is 14.7 Å². The van der Waals surface area contributed by atoms with Crippen molar-refractivity contribution in [3.8, 4) is 0 Å². The van der Waals surface area contributed by atoms with Gasteiger partial charge in [-0.05, 0) is 6.42 Å². The van der Waals surface area contributed by atoms with Crippen LogP contribution in [0.1, 0.15) is 6.42 Å². The number of nitrogens with zero attached hydrogens (tertiary/aromatic N) is 1. The van der Waals surface area contributed by atoms with Gasteiger partial charge in [-0.15, -0.1) is 11.8 Å². The van der Waals surface area contributed by atoms with Crippen molar-refractivity contribution in [3.05, 3.63) is 12.2 Å². The predicted molar refractivity (Wildman–Crippen MR) is 60.8 cm³/mol. The summed E-state index contributed by atoms with van der Waals surface area (Å²) in [5.41, 5.74) is 5.68. The van der Waals surface area contributed by atoms with Gasteiger partial charge in [0.15, 0.2) is 0 Å². The van der Waals surface area contributed by atoms with Crippen molar-refractivity contribution in [3.63, 3.8) is 0 Å². The molecule has 0 spiro atoms. The highest BCUT2D eigenvalue weighted by molar-refractivity contribution is 7.99. The predicted octanol–water partition coefficient (Wildman–Crippen LogP) is -0.124. The summed E-state index contributed by atoms with van der Waals surface area (Å²) in [6, 6.07) is -0.754. The summed E-state index contributed by atoms with van der Waals surface area (Å²) in [5.74, 6) is -0.333. The zero-order valence-corrected chi connectivity index (χ0v) is 9.52. The van der Waals surface area contributed by atoms with E-state index >= 15 is 0 Å². The molecule has 0 aromatic carbocycles. The summed E-state index contributed by atoms with van der Waals surface area (Å²) in [5, 5.41) is 8.98. The van der Waals surface area contributed by atoms with E-state index in [4.69, 9.17) is 10.8 Å². The molecule has 0 aromatic heterocycles. The van der Waals surface area contributed by atoms with Crippen LogP contribution in [0.4, 0.5) is 0 Å². The van der Waals surface area contributed by atoms with Crippen LogP contribution < -0.4 is 5.73 Å². The van der Waals surface area contributed by atoms with E-state index in [0.717, 1.165) is 0 Å². The maximum Gasteiger partial charge on any atom is 0.327 e. The van der Waals surface area contributed by atoms with E-state index in [1.807, 2.05) is 6.08 Å². The Morgan fingerprint density at radius 2 is 2.19 bits per heavy atom. The van der Waals surface area contributed by atoms with Gasteiger partial charge < -0.3 is 15.7 Å². The van der Waals surface area contributed by atoms with Crippen LogP contribution in [0.5, 0.6) is 0 Å². The fourth-order valence-electron chi connectivity index (χ4n) is 1.99. The molecule has 1 fully saturated rings. The molecule has 2 aliphatic rings. The maximum atomic E-state index is 12.1. The molecule has 1 aliphatic heterocycles. The van der Waals surface area contributed by atoms with Gasteiger partial charge in [-0.3, -0.25) is 4.79 Å². The number of aliphatic carboxylic acids is 1. The first kappa shape index (κ1) is 11.5. The minimum Gasteiger partial charge on any atom is -0.480 e. The number of carboxylic acids is 1. The molecule has 1 aliphatic carbocycles. The molecule has 5 nitrogen and oxygen atoms in total. The third-order valence-electron chi connectivity index (χ3n) is 2.88. The van der Waals surface area contributed by atoms with Gasteiger partial charge in [0.25, 0.3) is 0 Å². The SMILES string of the molecule is NC1C=CC(C(=O)N2CSCC2C(=O)O)C1. The largest absolute Gasteiger partial charge is 0.480 e. The molecule has 3 unspecified atom stereocenters. The number of rotatable bonds is 2. The monoisotopic (exact) mass is 242 g/mol. The normalized spacial score (nSPS) is 33.3. The van der Waals surface area contributed by atoms with Crippen LogP contribution in [-0.4, -0.2) is 45.6 Å². The average Bonchev–Trinajstić information content (AvgIpc) is 2.84. The minimum absolute atomic E-state index is 0.0764. The molecule has 1 saturated heterocycles. The summed E-state index contributed by atoms with van der Waals surface area (Å²) < 4.78 is 0. The highest BCUT2D eigenvalue weighted by Crippen LogP contribution is 2.26. The molecule has 1 heterocycles. The van der Waals surface area contributed by atoms with Crippen LogP contribution in [0.15, 0.2) is 12.2 Å². The molecular weight excluding hydrogens is 228 g/mol. The molecule has 88 valence electrons. The van der Waals surface area contributed by atoms with E-state index in [1.54, 1.807) is 6.08 Å². The molecule has 0 saturated carbocycles. The van der Waals surface area contributed by atoms with Gasteiger partial charge in [0.2, 0.25) is 5.91 Å². The van der Waals surface area contributed by atoms with Gasteiger partial charge in [-0.2, -0.15) is 0 Å². The van der Waals surface area contributed by atoms with E-state index in [-0.39, 0.29) is 17.9 Å². The molecule has 1 amide bonds. The van der Waals surface area contributed by atoms with E-state index in [9.17, 15) is 9.59 Å². The number of carbonyl (C=O) groups is 2. The Labute approximate surface area is 97.7 Å². The number of hydrogen-bond donors (Lipinski definition) is 2. The summed E-state index contributed by atoms with van der Waals surface area (Å²) in [6.07, 6.45) is 4.18. The maximum absolute atomic E-state index is 12.1. The van der Waals surface area contributed by atoms with Crippen molar-refractivity contribution in [2.24, 2.45) is 11.7 Å². The standard InChI is InChI=1S/C10H14N2O3S/c11-7-2-1-6(3-7)9(13)12-5-16-4-8(12)10(14)15/h1-2,6-8H,3-5,11H2,(H,14,15). The molecule has 0 radical (unpaired) electrons. The second kappa shape index (κ2) is 4.47. The van der Waals surface area contributed by atoms with Crippen LogP contribution >= 0.6 is 11.8 Å². The third-order valence-corrected chi connectivity index (χ3v) is 3.90. The van der Waals surface area contributed by atoms with Gasteiger partial charge in [-0.25, -0.2) is 4.79 Å². The molecular formula is C10H14N2O3S. The second-order valence-corrected chi connectivity index (χ2v) is 5.05. The van der Waals surface area contributed by atoms with Crippen molar-refractivity contribution in [2.45, 2.75) is 18.5 Å². The van der Waals surface area contributed by atoms with E-state index in [1.165, 1.54) is 16.7 Å². The van der Waals surface area contributed by atoms with E-state index < -0.39 is 12.0 Å². The molecule has 0 bridgehead atoms. The highest BCUT2D eigenvalue weighted by atomic mass is 32.2. The van der Waals surface area contributed by atoms with E-state index in [2.05, 4.69) is 0 Å². The van der Waals surface area contributed by atoms with Crippen LogP contribution in [-0.2, 0) is 9.59 Å². The van der Waals surface area contributed by atoms with Gasteiger partial charge in [0.1, 0.15) is 6.04 Å². The van der Waals surface area contributed by atoms with Gasteiger partial charge >= 0.3 is 5.97 Å². The molecule has 3 atom stereocenters. The number of carboxylic acid groups (broad SMARTS) is 1. The Morgan fingerprint density at radius 3 is 2.75 bits per heavy atom. The molecule has 0 aromatic rings. The van der Waals surface area contributed by atoms with E-state index in [0.29, 0.717) is 18.1 Å². The smallest absolute Gasteiger partial charge is 0.327 e. The van der Waals surface area contributed by atoms with Gasteiger partial charge in [0.05, 0.1) is 11.8 Å². The Kier molecular flexibility index (Phi) is 3.20. The summed E-state index contributed by atoms with van der Waals surface area (Å²) >= 11 is 1.48. The topological polar surface area (TPSA) is 83.6 Å². The third kappa shape index (κ3) is 2.08. The number of hydrogen-bond acceptors (Lipinski definition) is 4. The van der Waals surface area contributed by atoms with Crippen LogP contribution in [0.25, 0.3) is 0 Å². The molecule has 2 rings (SSSR count). The number of carbonyl (C=O) groups excluding carboxylic acids is 1. The lowest BCUT2D eigenvalue weighted by atomic mass is 10.1. The second-order valence-electron chi connectivity index (χ2n) is 4.05. The first-order valence-corrected chi connectivity index (χ1v) is 6.30. The zero-order valence-electron chi connectivity index (χ0n) is 8.70. The quantitative estimate of drug-likeness (QED) is 0.659. The van der Waals surface area contributed by atoms with Crippen molar-refractivity contribution in [2.75, 3.05) is 11.6 Å². The summed E-state index contributed by atoms with van der Waals surface area (Å²) in [4.78, 5) is 24.4. The average molecular weight is 242 g/mol. The summed E-state index contributed by atoms with van der Waals surface area (Å²) in [7, 11) is 0. The van der Waals surface area contributed by atoms with Crippen molar-refractivity contribution in [1.82, 2.24) is 4.90 Å². The first-order chi connectivity index (χ1) is 7.59. The lowest BCUT2D eigenvalue weighted by Crippen LogP contribution is -2.44. The Morgan fingerprint density at radius 1 is 1.44 bits per heavy atom. The van der Waals surface area contributed by atoms with Gasteiger partial charge in [0, 0.05) is 11.8 Å². The van der Waals surface area contributed by atoms with Gasteiger partial charge in [-0.1, -0.05) is 12.2 Å². The fourth-order valence-corrected chi connectivity index (χ4v) is 3.14.